The van der Waals surface area contributed by atoms with E-state index in [-0.39, 0.29) is 29.6 Å². The van der Waals surface area contributed by atoms with Gasteiger partial charge in [-0.25, -0.2) is 0 Å². The van der Waals surface area contributed by atoms with E-state index in [4.69, 9.17) is 0 Å². The average molecular weight is 191 g/mol. The van der Waals surface area contributed by atoms with Crippen LogP contribution in [0.25, 0.3) is 5.57 Å². The van der Waals surface area contributed by atoms with E-state index in [1.807, 2.05) is 0 Å². The van der Waals surface area contributed by atoms with Gasteiger partial charge < -0.3 is 0 Å². The summed E-state index contributed by atoms with van der Waals surface area (Å²) in [7, 11) is 0. The van der Waals surface area contributed by atoms with E-state index < -0.39 is 0 Å². The Balaban J connectivity index is 0.000000750. The number of rotatable bonds is 0. The number of hydrogen-bond donors (Lipinski definition) is 0. The summed E-state index contributed by atoms with van der Waals surface area (Å²) in [5, 5.41) is 0. The first kappa shape index (κ1) is 10.2. The van der Waals surface area contributed by atoms with Crippen LogP contribution in [0.3, 0.4) is 0 Å². The van der Waals surface area contributed by atoms with Gasteiger partial charge in [-0.05, 0) is 36.0 Å². The molecule has 0 aliphatic heterocycles. The Morgan fingerprint density at radius 3 is 2.86 bits per heavy atom. The fourth-order valence-electron chi connectivity index (χ4n) is 2.34. The fraction of sp³-hybridized carbons (Fsp3) is 0.231. The standard InChI is InChI=1S/C13H12.Na/c1-3-7-12-10(5-1)9-11-6-2-4-8-13(11)12;/h1,3-5,7-8H,2,6,9H2;. The minimum Gasteiger partial charge on any atom is -0.0836 e. The van der Waals surface area contributed by atoms with E-state index in [0.29, 0.717) is 0 Å². The first-order valence-electron chi connectivity index (χ1n) is 4.92. The molecule has 0 fully saturated rings. The molecular formula is C13H12Na. The molecule has 2 aliphatic carbocycles. The largest absolute Gasteiger partial charge is 0.0836 e. The molecule has 0 atom stereocenters. The van der Waals surface area contributed by atoms with Gasteiger partial charge in [0.1, 0.15) is 0 Å². The van der Waals surface area contributed by atoms with Gasteiger partial charge in [0.25, 0.3) is 0 Å². The minimum atomic E-state index is 0. The Bertz CT molecular complexity index is 413. The van der Waals surface area contributed by atoms with Crippen LogP contribution in [0, 0.1) is 0 Å². The van der Waals surface area contributed by atoms with Crippen LogP contribution in [0.4, 0.5) is 0 Å². The monoisotopic (exact) mass is 191 g/mol. The summed E-state index contributed by atoms with van der Waals surface area (Å²) >= 11 is 0. The van der Waals surface area contributed by atoms with E-state index in [1.165, 1.54) is 36.0 Å². The normalized spacial score (nSPS) is 17.4. The molecule has 0 aromatic heterocycles. The van der Waals surface area contributed by atoms with Crippen molar-refractivity contribution in [2.45, 2.75) is 19.3 Å². The third-order valence-electron chi connectivity index (χ3n) is 2.99. The van der Waals surface area contributed by atoms with Crippen molar-refractivity contribution in [1.82, 2.24) is 0 Å². The number of fused-ring (bicyclic) bond motifs is 2. The number of hydrogen-bond acceptors (Lipinski definition) is 0. The summed E-state index contributed by atoms with van der Waals surface area (Å²) in [6.07, 6.45) is 8.27. The molecule has 1 aromatic rings. The number of allylic oxidation sites excluding steroid dienone is 4. The van der Waals surface area contributed by atoms with Gasteiger partial charge in [0, 0.05) is 29.6 Å². The van der Waals surface area contributed by atoms with Gasteiger partial charge in [-0.2, -0.15) is 0 Å². The van der Waals surface area contributed by atoms with Crippen LogP contribution in [0.2, 0.25) is 0 Å². The number of benzene rings is 1. The SMILES string of the molecule is C1=CC2=C(CC1)Cc1ccccc12.[Na]. The topological polar surface area (TPSA) is 0 Å². The Kier molecular flexibility index (Phi) is 2.96. The first-order chi connectivity index (χ1) is 6.45. The minimum absolute atomic E-state index is 0. The second-order valence-electron chi connectivity index (χ2n) is 3.79. The van der Waals surface area contributed by atoms with E-state index in [1.54, 1.807) is 5.57 Å². The maximum Gasteiger partial charge on any atom is 0 e. The molecule has 1 aromatic carbocycles. The fourth-order valence-corrected chi connectivity index (χ4v) is 2.34. The molecule has 0 spiro atoms. The predicted molar refractivity (Wildman–Crippen MR) is 61.2 cm³/mol. The van der Waals surface area contributed by atoms with Gasteiger partial charge in [0.2, 0.25) is 0 Å². The van der Waals surface area contributed by atoms with Crippen LogP contribution in [0.1, 0.15) is 24.0 Å². The Morgan fingerprint density at radius 1 is 1.07 bits per heavy atom. The second-order valence-corrected chi connectivity index (χ2v) is 3.79. The average Bonchev–Trinajstić information content (AvgIpc) is 2.56. The van der Waals surface area contributed by atoms with Crippen molar-refractivity contribution in [3.63, 3.8) is 0 Å². The van der Waals surface area contributed by atoms with Crippen LogP contribution in [-0.2, 0) is 6.42 Å². The van der Waals surface area contributed by atoms with Crippen molar-refractivity contribution >= 4 is 35.1 Å². The molecule has 0 heterocycles. The van der Waals surface area contributed by atoms with E-state index in [2.05, 4.69) is 36.4 Å². The summed E-state index contributed by atoms with van der Waals surface area (Å²) in [6.45, 7) is 0. The maximum absolute atomic E-state index is 2.30. The maximum atomic E-state index is 2.30. The van der Waals surface area contributed by atoms with Crippen molar-refractivity contribution in [1.29, 1.82) is 0 Å². The van der Waals surface area contributed by atoms with Crippen LogP contribution < -0.4 is 0 Å². The molecule has 3 rings (SSSR count). The van der Waals surface area contributed by atoms with Crippen LogP contribution in [0.5, 0.6) is 0 Å². The van der Waals surface area contributed by atoms with Crippen molar-refractivity contribution in [2.24, 2.45) is 0 Å². The van der Waals surface area contributed by atoms with E-state index >= 15 is 0 Å². The van der Waals surface area contributed by atoms with Crippen molar-refractivity contribution in [3.8, 4) is 0 Å². The Morgan fingerprint density at radius 2 is 1.93 bits per heavy atom. The summed E-state index contributed by atoms with van der Waals surface area (Å²) in [4.78, 5) is 0. The smallest absolute Gasteiger partial charge is 0 e. The third kappa shape index (κ3) is 1.52. The zero-order valence-corrected chi connectivity index (χ0v) is 10.6. The van der Waals surface area contributed by atoms with Gasteiger partial charge in [0.05, 0.1) is 0 Å². The van der Waals surface area contributed by atoms with Gasteiger partial charge in [0.15, 0.2) is 0 Å². The molecule has 0 unspecified atom stereocenters. The molecule has 0 amide bonds. The predicted octanol–water partition coefficient (Wildman–Crippen LogP) is 2.97. The van der Waals surface area contributed by atoms with E-state index in [9.17, 15) is 0 Å². The summed E-state index contributed by atoms with van der Waals surface area (Å²) in [5.74, 6) is 0. The molecule has 2 aliphatic rings. The zero-order valence-electron chi connectivity index (χ0n) is 8.59. The van der Waals surface area contributed by atoms with Crippen LogP contribution >= 0.6 is 0 Å². The molecule has 0 saturated carbocycles. The molecule has 0 nitrogen and oxygen atoms in total. The van der Waals surface area contributed by atoms with Crippen LogP contribution in [0.15, 0.2) is 42.0 Å². The zero-order chi connectivity index (χ0) is 8.67. The molecule has 1 heteroatoms. The summed E-state index contributed by atoms with van der Waals surface area (Å²) in [6, 6.07) is 8.77. The molecular weight excluding hydrogens is 179 g/mol. The van der Waals surface area contributed by atoms with Crippen molar-refractivity contribution < 1.29 is 0 Å². The molecule has 0 bridgehead atoms. The van der Waals surface area contributed by atoms with E-state index in [0.717, 1.165) is 0 Å². The van der Waals surface area contributed by atoms with Crippen LogP contribution in [-0.4, -0.2) is 29.6 Å². The second kappa shape index (κ2) is 4.06. The molecule has 1 radical (unpaired) electrons. The van der Waals surface area contributed by atoms with Gasteiger partial charge in [-0.3, -0.25) is 0 Å². The molecule has 0 N–H and O–H groups in total. The molecule has 65 valence electrons. The Hall–Kier alpha value is -0.300. The van der Waals surface area contributed by atoms with Gasteiger partial charge in [-0.15, -0.1) is 0 Å². The molecule has 0 saturated heterocycles. The van der Waals surface area contributed by atoms with Crippen molar-refractivity contribution in [3.05, 3.63) is 53.1 Å². The quantitative estimate of drug-likeness (QED) is 0.553. The van der Waals surface area contributed by atoms with Gasteiger partial charge in [-0.1, -0.05) is 42.0 Å². The Labute approximate surface area is 107 Å². The third-order valence-corrected chi connectivity index (χ3v) is 2.99. The first-order valence-corrected chi connectivity index (χ1v) is 4.92. The van der Waals surface area contributed by atoms with Crippen molar-refractivity contribution in [2.75, 3.05) is 0 Å². The van der Waals surface area contributed by atoms with Gasteiger partial charge >= 0.3 is 0 Å². The summed E-state index contributed by atoms with van der Waals surface area (Å²) in [5.41, 5.74) is 6.12. The summed E-state index contributed by atoms with van der Waals surface area (Å²) < 4.78 is 0. The molecule has 14 heavy (non-hydrogen) atoms.